The largest absolute Gasteiger partial charge is 0.462 e. The molecule has 2 fully saturated rings. The van der Waals surface area contributed by atoms with E-state index in [0.29, 0.717) is 19.3 Å². The number of alkyl halides is 5. The van der Waals surface area contributed by atoms with Crippen LogP contribution in [0.15, 0.2) is 0 Å². The SMILES string of the molecule is CCC(C)(C)C(=O)OC1CC2CC1CC2CC(O)(C(F)F)C(F)(F)F. The maximum absolute atomic E-state index is 12.9. The second kappa shape index (κ2) is 6.67. The van der Waals surface area contributed by atoms with E-state index in [1.165, 1.54) is 0 Å². The predicted molar refractivity (Wildman–Crippen MR) is 79.9 cm³/mol. The van der Waals surface area contributed by atoms with Crippen LogP contribution in [0.5, 0.6) is 0 Å². The molecule has 0 aromatic heterocycles. The number of hydrogen-bond acceptors (Lipinski definition) is 3. The molecule has 3 nitrogen and oxygen atoms in total. The normalized spacial score (nSPS) is 32.1. The van der Waals surface area contributed by atoms with E-state index >= 15 is 0 Å². The highest BCUT2D eigenvalue weighted by Crippen LogP contribution is 2.54. The third kappa shape index (κ3) is 3.78. The first-order valence-electron chi connectivity index (χ1n) is 8.60. The van der Waals surface area contributed by atoms with Gasteiger partial charge in [-0.2, -0.15) is 13.2 Å². The predicted octanol–water partition coefficient (Wildman–Crippen LogP) is 4.33. The van der Waals surface area contributed by atoms with Crippen LogP contribution in [0, 0.1) is 23.2 Å². The fourth-order valence-electron chi connectivity index (χ4n) is 3.91. The lowest BCUT2D eigenvalue weighted by atomic mass is 9.79. The average molecular weight is 372 g/mol. The number of hydrogen-bond donors (Lipinski definition) is 1. The van der Waals surface area contributed by atoms with Crippen LogP contribution in [0.25, 0.3) is 0 Å². The van der Waals surface area contributed by atoms with E-state index in [2.05, 4.69) is 0 Å². The number of halogens is 5. The smallest absolute Gasteiger partial charge is 0.422 e. The van der Waals surface area contributed by atoms with Crippen molar-refractivity contribution in [3.8, 4) is 0 Å². The summed E-state index contributed by atoms with van der Waals surface area (Å²) in [5.74, 6) is -1.34. The number of esters is 1. The van der Waals surface area contributed by atoms with E-state index in [1.54, 1.807) is 13.8 Å². The molecule has 0 aliphatic heterocycles. The van der Waals surface area contributed by atoms with Crippen molar-refractivity contribution >= 4 is 5.97 Å². The number of fused-ring (bicyclic) bond motifs is 2. The molecule has 0 saturated heterocycles. The van der Waals surface area contributed by atoms with Gasteiger partial charge in [-0.1, -0.05) is 6.92 Å². The fourth-order valence-corrected chi connectivity index (χ4v) is 3.91. The minimum absolute atomic E-state index is 0.123. The topological polar surface area (TPSA) is 46.5 Å². The Morgan fingerprint density at radius 1 is 1.16 bits per heavy atom. The lowest BCUT2D eigenvalue weighted by Crippen LogP contribution is -2.53. The second-order valence-corrected chi connectivity index (χ2v) is 8.10. The molecular formula is C17H25F5O3. The van der Waals surface area contributed by atoms with Crippen LogP contribution in [0.4, 0.5) is 22.0 Å². The van der Waals surface area contributed by atoms with Crippen molar-refractivity contribution in [2.45, 2.75) is 77.2 Å². The fraction of sp³-hybridized carbons (Fsp3) is 0.941. The Morgan fingerprint density at radius 3 is 2.16 bits per heavy atom. The van der Waals surface area contributed by atoms with E-state index in [4.69, 9.17) is 4.74 Å². The summed E-state index contributed by atoms with van der Waals surface area (Å²) in [5, 5.41) is 9.50. The standard InChI is InChI=1S/C17H25F5O3/c1-4-15(2,3)14(23)25-12-7-9-5-10(12)6-11(9)8-16(24,13(18)19)17(20,21)22/h9-13,24H,4-8H2,1-3H3. The lowest BCUT2D eigenvalue weighted by Gasteiger charge is -2.36. The molecule has 0 amide bonds. The van der Waals surface area contributed by atoms with Gasteiger partial charge in [-0.05, 0) is 63.7 Å². The summed E-state index contributed by atoms with van der Waals surface area (Å²) in [6, 6.07) is 0. The van der Waals surface area contributed by atoms with Crippen LogP contribution in [-0.4, -0.2) is 35.4 Å². The molecular weight excluding hydrogens is 347 g/mol. The number of rotatable bonds is 6. The monoisotopic (exact) mass is 372 g/mol. The molecule has 146 valence electrons. The molecule has 2 aliphatic rings. The molecule has 8 heteroatoms. The zero-order valence-electron chi connectivity index (χ0n) is 14.6. The molecule has 1 N–H and O–H groups in total. The zero-order valence-corrected chi connectivity index (χ0v) is 14.6. The van der Waals surface area contributed by atoms with Crippen LogP contribution < -0.4 is 0 Å². The summed E-state index contributed by atoms with van der Waals surface area (Å²) < 4.78 is 69.8. The van der Waals surface area contributed by atoms with Crippen LogP contribution in [-0.2, 0) is 9.53 Å². The highest BCUT2D eigenvalue weighted by atomic mass is 19.4. The summed E-state index contributed by atoms with van der Waals surface area (Å²) in [7, 11) is 0. The lowest BCUT2D eigenvalue weighted by molar-refractivity contribution is -0.304. The van der Waals surface area contributed by atoms with Crippen molar-refractivity contribution in [2.75, 3.05) is 0 Å². The molecule has 5 atom stereocenters. The Hall–Kier alpha value is -0.920. The minimum Gasteiger partial charge on any atom is -0.462 e. The molecule has 2 aliphatic carbocycles. The Kier molecular flexibility index (Phi) is 5.44. The van der Waals surface area contributed by atoms with Crippen molar-refractivity contribution in [1.82, 2.24) is 0 Å². The molecule has 0 spiro atoms. The van der Waals surface area contributed by atoms with Gasteiger partial charge in [-0.15, -0.1) is 0 Å². The third-order valence-electron chi connectivity index (χ3n) is 6.06. The van der Waals surface area contributed by atoms with Crippen LogP contribution in [0.2, 0.25) is 0 Å². The van der Waals surface area contributed by atoms with Gasteiger partial charge < -0.3 is 9.84 Å². The Bertz CT molecular complexity index is 505. The Morgan fingerprint density at radius 2 is 1.76 bits per heavy atom. The summed E-state index contributed by atoms with van der Waals surface area (Å²) >= 11 is 0. The van der Waals surface area contributed by atoms with Gasteiger partial charge in [0.15, 0.2) is 0 Å². The van der Waals surface area contributed by atoms with Crippen molar-refractivity contribution in [1.29, 1.82) is 0 Å². The van der Waals surface area contributed by atoms with Crippen molar-refractivity contribution < 1.29 is 36.6 Å². The Labute approximate surface area is 143 Å². The second-order valence-electron chi connectivity index (χ2n) is 8.10. The molecule has 2 bridgehead atoms. The zero-order chi connectivity index (χ0) is 19.2. The summed E-state index contributed by atoms with van der Waals surface area (Å²) in [4.78, 5) is 12.1. The van der Waals surface area contributed by atoms with Gasteiger partial charge in [0, 0.05) is 0 Å². The van der Waals surface area contributed by atoms with Crippen LogP contribution >= 0.6 is 0 Å². The third-order valence-corrected chi connectivity index (χ3v) is 6.06. The number of aliphatic hydroxyl groups is 1. The Balaban J connectivity index is 1.99. The molecule has 0 aromatic carbocycles. The molecule has 0 aromatic rings. The number of carbonyl (C=O) groups is 1. The molecule has 2 saturated carbocycles. The summed E-state index contributed by atoms with van der Waals surface area (Å²) in [6.45, 7) is 5.38. The maximum Gasteiger partial charge on any atom is 0.422 e. The van der Waals surface area contributed by atoms with E-state index in [9.17, 15) is 31.9 Å². The maximum atomic E-state index is 12.9. The molecule has 2 rings (SSSR count). The van der Waals surface area contributed by atoms with Gasteiger partial charge >= 0.3 is 12.1 Å². The molecule has 0 heterocycles. The first kappa shape index (κ1) is 20.4. The van der Waals surface area contributed by atoms with E-state index in [1.807, 2.05) is 6.92 Å². The van der Waals surface area contributed by atoms with Gasteiger partial charge in [0.1, 0.15) is 6.10 Å². The van der Waals surface area contributed by atoms with Crippen molar-refractivity contribution in [2.24, 2.45) is 23.2 Å². The quantitative estimate of drug-likeness (QED) is 0.558. The van der Waals surface area contributed by atoms with E-state index in [0.717, 1.165) is 0 Å². The first-order valence-corrected chi connectivity index (χ1v) is 8.60. The number of ether oxygens (including phenoxy) is 1. The van der Waals surface area contributed by atoms with Gasteiger partial charge in [0.25, 0.3) is 6.43 Å². The minimum atomic E-state index is -5.37. The van der Waals surface area contributed by atoms with Gasteiger partial charge in [-0.25, -0.2) is 8.78 Å². The molecule has 0 radical (unpaired) electrons. The van der Waals surface area contributed by atoms with Gasteiger partial charge in [-0.3, -0.25) is 4.79 Å². The molecule has 5 unspecified atom stereocenters. The summed E-state index contributed by atoms with van der Waals surface area (Å²) in [6.07, 6.45) is -8.85. The summed E-state index contributed by atoms with van der Waals surface area (Å²) in [5.41, 5.74) is -4.61. The number of carbonyl (C=O) groups excluding carboxylic acids is 1. The molecule has 25 heavy (non-hydrogen) atoms. The highest BCUT2D eigenvalue weighted by Gasteiger charge is 2.63. The van der Waals surface area contributed by atoms with E-state index < -0.39 is 36.0 Å². The van der Waals surface area contributed by atoms with Gasteiger partial charge in [0.05, 0.1) is 5.41 Å². The average Bonchev–Trinajstić information content (AvgIpc) is 3.05. The van der Waals surface area contributed by atoms with Crippen LogP contribution in [0.3, 0.4) is 0 Å². The first-order chi connectivity index (χ1) is 11.3. The van der Waals surface area contributed by atoms with Crippen molar-refractivity contribution in [3.05, 3.63) is 0 Å². The highest BCUT2D eigenvalue weighted by molar-refractivity contribution is 5.76. The van der Waals surface area contributed by atoms with Crippen LogP contribution in [0.1, 0.15) is 52.9 Å². The van der Waals surface area contributed by atoms with Crippen molar-refractivity contribution in [3.63, 3.8) is 0 Å². The van der Waals surface area contributed by atoms with E-state index in [-0.39, 0.29) is 30.3 Å². The van der Waals surface area contributed by atoms with Gasteiger partial charge in [0.2, 0.25) is 5.60 Å².